The fourth-order valence-corrected chi connectivity index (χ4v) is 3.74. The Morgan fingerprint density at radius 3 is 1.22 bits per heavy atom. The largest absolute Gasteiger partial charge is 0.330 e. The van der Waals surface area contributed by atoms with E-state index in [2.05, 4.69) is 42.1 Å². The van der Waals surface area contributed by atoms with Crippen LogP contribution in [-0.4, -0.2) is 123 Å². The van der Waals surface area contributed by atoms with Crippen molar-refractivity contribution >= 4 is 0 Å². The molecule has 0 bridgehead atoms. The van der Waals surface area contributed by atoms with Gasteiger partial charge >= 0.3 is 0 Å². The van der Waals surface area contributed by atoms with Crippen LogP contribution in [0, 0.1) is 0 Å². The van der Waals surface area contributed by atoms with Gasteiger partial charge in [0.15, 0.2) is 0 Å². The Morgan fingerprint density at radius 1 is 0.438 bits per heavy atom. The van der Waals surface area contributed by atoms with E-state index in [4.69, 9.17) is 5.73 Å². The second kappa shape index (κ2) is 25.3. The maximum Gasteiger partial charge on any atom is 0.0107 e. The maximum absolute atomic E-state index is 5.59. The first-order valence-corrected chi connectivity index (χ1v) is 13.3. The standard InChI is InChI=1S/C13H31N5.C10H24N4/c14-4-1-11-18-12-3-7-16-9-8-15-5-2-6-17-10-13-18;1-3-11-7-9-13-5-2-6-14-10-8-12-4-1/h15-17H,1-14H2;11-14H,1-10H2. The molecule has 0 aromatic heterocycles. The van der Waals surface area contributed by atoms with Gasteiger partial charge < -0.3 is 47.9 Å². The summed E-state index contributed by atoms with van der Waals surface area (Å²) >= 11 is 0. The van der Waals surface area contributed by atoms with E-state index in [0.29, 0.717) is 0 Å². The average Bonchev–Trinajstić information content (AvgIpc) is 2.81. The molecule has 9 nitrogen and oxygen atoms in total. The average molecular weight is 458 g/mol. The van der Waals surface area contributed by atoms with E-state index < -0.39 is 0 Å². The van der Waals surface area contributed by atoms with Crippen LogP contribution in [0.4, 0.5) is 0 Å². The van der Waals surface area contributed by atoms with Gasteiger partial charge in [-0.15, -0.1) is 0 Å². The maximum atomic E-state index is 5.59. The van der Waals surface area contributed by atoms with E-state index in [-0.39, 0.29) is 0 Å². The highest BCUT2D eigenvalue weighted by atomic mass is 15.1. The van der Waals surface area contributed by atoms with E-state index in [1.165, 1.54) is 32.2 Å². The summed E-state index contributed by atoms with van der Waals surface area (Å²) in [5, 5.41) is 24.1. The van der Waals surface area contributed by atoms with Crippen LogP contribution < -0.4 is 43.0 Å². The molecule has 2 aliphatic heterocycles. The lowest BCUT2D eigenvalue weighted by Crippen LogP contribution is -2.37. The normalized spacial score (nSPS) is 23.2. The van der Waals surface area contributed by atoms with Gasteiger partial charge in [0.1, 0.15) is 0 Å². The lowest BCUT2D eigenvalue weighted by atomic mass is 10.3. The molecule has 0 unspecified atom stereocenters. The molecule has 9 N–H and O–H groups in total. The molecule has 0 aliphatic carbocycles. The van der Waals surface area contributed by atoms with Crippen molar-refractivity contribution in [2.75, 3.05) is 118 Å². The minimum Gasteiger partial charge on any atom is -0.330 e. The van der Waals surface area contributed by atoms with Gasteiger partial charge in [-0.3, -0.25) is 0 Å². The number of nitrogens with one attached hydrogen (secondary N) is 7. The van der Waals surface area contributed by atoms with E-state index in [1.807, 2.05) is 0 Å². The van der Waals surface area contributed by atoms with Gasteiger partial charge in [0.05, 0.1) is 0 Å². The number of rotatable bonds is 3. The van der Waals surface area contributed by atoms with Crippen molar-refractivity contribution in [3.8, 4) is 0 Å². The van der Waals surface area contributed by atoms with Crippen molar-refractivity contribution in [3.63, 3.8) is 0 Å². The van der Waals surface area contributed by atoms with Crippen LogP contribution in [0.3, 0.4) is 0 Å². The molecule has 0 amide bonds. The Bertz CT molecular complexity index is 293. The molecular formula is C23H55N9. The molecule has 192 valence electrons. The van der Waals surface area contributed by atoms with Gasteiger partial charge in [0, 0.05) is 52.4 Å². The minimum atomic E-state index is 0.799. The Morgan fingerprint density at radius 2 is 0.812 bits per heavy atom. The summed E-state index contributed by atoms with van der Waals surface area (Å²) in [5.74, 6) is 0. The first-order valence-electron chi connectivity index (χ1n) is 13.3. The molecule has 2 aliphatic rings. The first-order chi connectivity index (χ1) is 15.9. The molecule has 0 aromatic rings. The highest BCUT2D eigenvalue weighted by Gasteiger charge is 2.04. The highest BCUT2D eigenvalue weighted by Crippen LogP contribution is 1.93. The van der Waals surface area contributed by atoms with Crippen LogP contribution in [0.15, 0.2) is 0 Å². The fourth-order valence-electron chi connectivity index (χ4n) is 3.74. The van der Waals surface area contributed by atoms with Crippen molar-refractivity contribution in [2.24, 2.45) is 5.73 Å². The molecule has 2 fully saturated rings. The predicted molar refractivity (Wildman–Crippen MR) is 139 cm³/mol. The molecule has 2 saturated heterocycles. The van der Waals surface area contributed by atoms with Crippen LogP contribution in [0.2, 0.25) is 0 Å². The monoisotopic (exact) mass is 457 g/mol. The second-order valence-electron chi connectivity index (χ2n) is 8.65. The zero-order valence-electron chi connectivity index (χ0n) is 20.8. The van der Waals surface area contributed by atoms with Gasteiger partial charge in [-0.05, 0) is 97.6 Å². The van der Waals surface area contributed by atoms with Crippen molar-refractivity contribution < 1.29 is 0 Å². The third kappa shape index (κ3) is 21.5. The van der Waals surface area contributed by atoms with Gasteiger partial charge in [0.2, 0.25) is 0 Å². The van der Waals surface area contributed by atoms with Gasteiger partial charge in [-0.25, -0.2) is 0 Å². The van der Waals surface area contributed by atoms with Crippen molar-refractivity contribution in [1.82, 2.24) is 42.1 Å². The molecular weight excluding hydrogens is 402 g/mol. The number of hydrogen-bond donors (Lipinski definition) is 8. The van der Waals surface area contributed by atoms with Crippen molar-refractivity contribution in [3.05, 3.63) is 0 Å². The number of nitrogens with zero attached hydrogens (tertiary/aromatic N) is 1. The van der Waals surface area contributed by atoms with E-state index in [1.54, 1.807) is 0 Å². The van der Waals surface area contributed by atoms with Crippen molar-refractivity contribution in [1.29, 1.82) is 0 Å². The molecule has 2 rings (SSSR count). The van der Waals surface area contributed by atoms with Crippen LogP contribution in [0.1, 0.15) is 32.1 Å². The summed E-state index contributed by atoms with van der Waals surface area (Å²) in [4.78, 5) is 2.53. The van der Waals surface area contributed by atoms with E-state index in [9.17, 15) is 0 Å². The molecule has 0 radical (unpaired) electrons. The smallest absolute Gasteiger partial charge is 0.0107 e. The molecule has 0 spiro atoms. The van der Waals surface area contributed by atoms with E-state index >= 15 is 0 Å². The fraction of sp³-hybridized carbons (Fsp3) is 1.00. The van der Waals surface area contributed by atoms with Crippen LogP contribution in [0.5, 0.6) is 0 Å². The molecule has 9 heteroatoms. The van der Waals surface area contributed by atoms with Crippen LogP contribution in [-0.2, 0) is 0 Å². The van der Waals surface area contributed by atoms with Gasteiger partial charge in [0.25, 0.3) is 0 Å². The summed E-state index contributed by atoms with van der Waals surface area (Å²) in [6.45, 7) is 19.7. The third-order valence-corrected chi connectivity index (χ3v) is 5.67. The second-order valence-corrected chi connectivity index (χ2v) is 8.65. The zero-order valence-corrected chi connectivity index (χ0v) is 20.8. The topological polar surface area (TPSA) is 113 Å². The van der Waals surface area contributed by atoms with Gasteiger partial charge in [-0.1, -0.05) is 0 Å². The number of nitrogens with two attached hydrogens (primary N) is 1. The quantitative estimate of drug-likeness (QED) is 0.252. The Kier molecular flexibility index (Phi) is 23.4. The molecule has 32 heavy (non-hydrogen) atoms. The Balaban J connectivity index is 0.000000330. The lowest BCUT2D eigenvalue weighted by Gasteiger charge is -2.22. The van der Waals surface area contributed by atoms with E-state index in [0.717, 1.165) is 118 Å². The van der Waals surface area contributed by atoms with Crippen LogP contribution in [0.25, 0.3) is 0 Å². The summed E-state index contributed by atoms with van der Waals surface area (Å²) in [6.07, 6.45) is 5.99. The summed E-state index contributed by atoms with van der Waals surface area (Å²) in [7, 11) is 0. The Labute approximate surface area is 198 Å². The van der Waals surface area contributed by atoms with Crippen molar-refractivity contribution in [2.45, 2.75) is 32.1 Å². The zero-order chi connectivity index (χ0) is 22.8. The first kappa shape index (κ1) is 29.7. The third-order valence-electron chi connectivity index (χ3n) is 5.67. The summed E-state index contributed by atoms with van der Waals surface area (Å²) in [5.41, 5.74) is 5.59. The molecule has 0 atom stereocenters. The van der Waals surface area contributed by atoms with Gasteiger partial charge in [-0.2, -0.15) is 0 Å². The molecule has 0 aromatic carbocycles. The SMILES string of the molecule is C1CNCCNCCCNCCNC1.NCCCN1CCCNCCNCCCNCC1. The minimum absolute atomic E-state index is 0.799. The molecule has 0 saturated carbocycles. The highest BCUT2D eigenvalue weighted by molar-refractivity contribution is 4.64. The molecule has 2 heterocycles. The van der Waals surface area contributed by atoms with Crippen LogP contribution >= 0.6 is 0 Å². The summed E-state index contributed by atoms with van der Waals surface area (Å²) < 4.78 is 0. The number of hydrogen-bond acceptors (Lipinski definition) is 9. The predicted octanol–water partition coefficient (Wildman–Crippen LogP) is -1.66. The lowest BCUT2D eigenvalue weighted by molar-refractivity contribution is 0.266. The Hall–Kier alpha value is -0.360. The summed E-state index contributed by atoms with van der Waals surface area (Å²) in [6, 6.07) is 0.